The molecule has 2 aromatic rings. The van der Waals surface area contributed by atoms with E-state index >= 15 is 0 Å². The van der Waals surface area contributed by atoms with Crippen LogP contribution in [0.3, 0.4) is 0 Å². The summed E-state index contributed by atoms with van der Waals surface area (Å²) in [5.74, 6) is -0.155. The van der Waals surface area contributed by atoms with Gasteiger partial charge in [0.05, 0.1) is 0 Å². The minimum atomic E-state index is -0.155. The number of hydrogen-bond donors (Lipinski definition) is 2. The van der Waals surface area contributed by atoms with Crippen molar-refractivity contribution in [3.63, 3.8) is 0 Å². The van der Waals surface area contributed by atoms with Gasteiger partial charge in [0.25, 0.3) is 0 Å². The highest BCUT2D eigenvalue weighted by Crippen LogP contribution is 2.10. The molecule has 1 heterocycles. The third-order valence-electron chi connectivity index (χ3n) is 2.87. The maximum absolute atomic E-state index is 11.5. The van der Waals surface area contributed by atoms with Crippen LogP contribution in [0.15, 0.2) is 48.8 Å². The summed E-state index contributed by atoms with van der Waals surface area (Å²) in [6.45, 7) is 1.54. The summed E-state index contributed by atoms with van der Waals surface area (Å²) in [7, 11) is 1.50. The molecule has 2 rings (SSSR count). The Labute approximate surface area is 124 Å². The molecule has 110 valence electrons. The van der Waals surface area contributed by atoms with Crippen molar-refractivity contribution in [3.8, 4) is 0 Å². The van der Waals surface area contributed by atoms with Gasteiger partial charge in [0, 0.05) is 38.3 Å². The second-order valence-electron chi connectivity index (χ2n) is 4.65. The quantitative estimate of drug-likeness (QED) is 0.816. The Bertz CT molecular complexity index is 573. The highest BCUT2D eigenvalue weighted by Gasteiger charge is 2.02. The molecule has 1 amide bonds. The molecule has 0 atom stereocenters. The van der Waals surface area contributed by atoms with Gasteiger partial charge in [-0.1, -0.05) is 18.2 Å². The average molecular weight is 285 g/mol. The lowest BCUT2D eigenvalue weighted by Crippen LogP contribution is -2.17. The number of anilines is 1. The van der Waals surface area contributed by atoms with E-state index in [0.29, 0.717) is 0 Å². The molecule has 2 N–H and O–H groups in total. The van der Waals surface area contributed by atoms with Crippen LogP contribution in [0.4, 0.5) is 5.69 Å². The first kappa shape index (κ1) is 15.2. The van der Waals surface area contributed by atoms with Crippen LogP contribution in [0, 0.1) is 0 Å². The summed E-state index contributed by atoms with van der Waals surface area (Å²) in [5.41, 5.74) is 3.02. The van der Waals surface area contributed by atoms with Gasteiger partial charge >= 0.3 is 0 Å². The van der Waals surface area contributed by atoms with Crippen molar-refractivity contribution >= 4 is 11.6 Å². The monoisotopic (exact) mass is 285 g/mol. The number of rotatable bonds is 7. The van der Waals surface area contributed by atoms with Crippen molar-refractivity contribution in [2.75, 3.05) is 19.0 Å². The molecule has 21 heavy (non-hydrogen) atoms. The Hall–Kier alpha value is -2.24. The highest BCUT2D eigenvalue weighted by atomic mass is 16.5. The minimum absolute atomic E-state index is 0.0590. The van der Waals surface area contributed by atoms with E-state index in [4.69, 9.17) is 4.74 Å². The van der Waals surface area contributed by atoms with Gasteiger partial charge in [-0.15, -0.1) is 0 Å². The molecule has 0 spiro atoms. The van der Waals surface area contributed by atoms with Crippen LogP contribution in [-0.2, 0) is 22.6 Å². The molecule has 0 saturated heterocycles. The fourth-order valence-corrected chi connectivity index (χ4v) is 1.94. The van der Waals surface area contributed by atoms with Crippen LogP contribution >= 0.6 is 0 Å². The van der Waals surface area contributed by atoms with Gasteiger partial charge < -0.3 is 15.4 Å². The number of methoxy groups -OCH3 is 1. The highest BCUT2D eigenvalue weighted by molar-refractivity contribution is 5.91. The normalized spacial score (nSPS) is 10.3. The van der Waals surface area contributed by atoms with E-state index in [0.717, 1.165) is 29.9 Å². The van der Waals surface area contributed by atoms with Gasteiger partial charge in [0.15, 0.2) is 0 Å². The summed E-state index contributed by atoms with van der Waals surface area (Å²) in [5, 5.41) is 6.14. The molecule has 5 nitrogen and oxygen atoms in total. The summed E-state index contributed by atoms with van der Waals surface area (Å²) in [6, 6.07) is 11.7. The summed E-state index contributed by atoms with van der Waals surface area (Å²) < 4.78 is 4.79. The molecule has 5 heteroatoms. The Morgan fingerprint density at radius 2 is 2.00 bits per heavy atom. The first-order valence-electron chi connectivity index (χ1n) is 6.75. The SMILES string of the molecule is COCC(=O)Nc1cccc(CNCc2cccnc2)c1. The van der Waals surface area contributed by atoms with Crippen LogP contribution in [-0.4, -0.2) is 24.6 Å². The maximum atomic E-state index is 11.5. The van der Waals surface area contributed by atoms with Crippen LogP contribution in [0.2, 0.25) is 0 Å². The molecular weight excluding hydrogens is 266 g/mol. The van der Waals surface area contributed by atoms with Crippen molar-refractivity contribution < 1.29 is 9.53 Å². The number of aromatic nitrogens is 1. The maximum Gasteiger partial charge on any atom is 0.250 e. The minimum Gasteiger partial charge on any atom is -0.375 e. The van der Waals surface area contributed by atoms with Crippen LogP contribution in [0.5, 0.6) is 0 Å². The van der Waals surface area contributed by atoms with E-state index < -0.39 is 0 Å². The first-order chi connectivity index (χ1) is 10.3. The van der Waals surface area contributed by atoms with E-state index in [2.05, 4.69) is 15.6 Å². The number of carbonyl (C=O) groups excluding carboxylic acids is 1. The van der Waals surface area contributed by atoms with Gasteiger partial charge in [-0.05, 0) is 29.3 Å². The number of hydrogen-bond acceptors (Lipinski definition) is 4. The van der Waals surface area contributed by atoms with Crippen LogP contribution in [0.1, 0.15) is 11.1 Å². The Balaban J connectivity index is 1.85. The largest absolute Gasteiger partial charge is 0.375 e. The van der Waals surface area contributed by atoms with Crippen molar-refractivity contribution in [1.29, 1.82) is 0 Å². The van der Waals surface area contributed by atoms with Crippen molar-refractivity contribution in [2.24, 2.45) is 0 Å². The lowest BCUT2D eigenvalue weighted by atomic mass is 10.2. The van der Waals surface area contributed by atoms with Gasteiger partial charge in [-0.25, -0.2) is 0 Å². The zero-order chi connectivity index (χ0) is 14.9. The smallest absolute Gasteiger partial charge is 0.250 e. The Kier molecular flexibility index (Phi) is 5.87. The van der Waals surface area contributed by atoms with Crippen LogP contribution < -0.4 is 10.6 Å². The van der Waals surface area contributed by atoms with Crippen molar-refractivity contribution in [3.05, 3.63) is 59.9 Å². The van der Waals surface area contributed by atoms with Crippen molar-refractivity contribution in [2.45, 2.75) is 13.1 Å². The van der Waals surface area contributed by atoms with Gasteiger partial charge in [0.2, 0.25) is 5.91 Å². The molecule has 0 aliphatic heterocycles. The van der Waals surface area contributed by atoms with E-state index in [-0.39, 0.29) is 12.5 Å². The fourth-order valence-electron chi connectivity index (χ4n) is 1.94. The number of pyridine rings is 1. The third-order valence-corrected chi connectivity index (χ3v) is 2.87. The number of carbonyl (C=O) groups is 1. The number of amides is 1. The summed E-state index contributed by atoms with van der Waals surface area (Å²) >= 11 is 0. The molecule has 0 radical (unpaired) electrons. The topological polar surface area (TPSA) is 63.2 Å². The predicted molar refractivity (Wildman–Crippen MR) is 81.7 cm³/mol. The predicted octanol–water partition coefficient (Wildman–Crippen LogP) is 1.96. The Morgan fingerprint density at radius 3 is 2.76 bits per heavy atom. The second kappa shape index (κ2) is 8.14. The second-order valence-corrected chi connectivity index (χ2v) is 4.65. The van der Waals surface area contributed by atoms with Gasteiger partial charge in [-0.2, -0.15) is 0 Å². The Morgan fingerprint density at radius 1 is 1.19 bits per heavy atom. The molecule has 0 fully saturated rings. The number of nitrogens with one attached hydrogen (secondary N) is 2. The fraction of sp³-hybridized carbons (Fsp3) is 0.250. The zero-order valence-corrected chi connectivity index (χ0v) is 12.0. The van der Waals surface area contributed by atoms with E-state index in [1.54, 1.807) is 6.20 Å². The number of benzene rings is 1. The molecular formula is C16H19N3O2. The van der Waals surface area contributed by atoms with Crippen molar-refractivity contribution in [1.82, 2.24) is 10.3 Å². The zero-order valence-electron chi connectivity index (χ0n) is 12.0. The van der Waals surface area contributed by atoms with E-state index in [1.165, 1.54) is 7.11 Å². The lowest BCUT2D eigenvalue weighted by molar-refractivity contribution is -0.119. The molecule has 0 bridgehead atoms. The lowest BCUT2D eigenvalue weighted by Gasteiger charge is -2.08. The molecule has 0 unspecified atom stereocenters. The van der Waals surface area contributed by atoms with Gasteiger partial charge in [-0.3, -0.25) is 9.78 Å². The molecule has 0 aliphatic rings. The van der Waals surface area contributed by atoms with Crippen LogP contribution in [0.25, 0.3) is 0 Å². The summed E-state index contributed by atoms with van der Waals surface area (Å²) in [4.78, 5) is 15.5. The molecule has 0 saturated carbocycles. The molecule has 1 aromatic heterocycles. The third kappa shape index (κ3) is 5.33. The van der Waals surface area contributed by atoms with E-state index in [1.807, 2.05) is 42.6 Å². The standard InChI is InChI=1S/C16H19N3O2/c1-21-12-16(20)19-15-6-2-4-13(8-15)9-18-11-14-5-3-7-17-10-14/h2-8,10,18H,9,11-12H2,1H3,(H,19,20). The number of nitrogens with zero attached hydrogens (tertiary/aromatic N) is 1. The average Bonchev–Trinajstić information content (AvgIpc) is 2.49. The van der Waals surface area contributed by atoms with Gasteiger partial charge in [0.1, 0.15) is 6.61 Å². The summed E-state index contributed by atoms with van der Waals surface area (Å²) in [6.07, 6.45) is 3.60. The number of ether oxygens (including phenoxy) is 1. The first-order valence-corrected chi connectivity index (χ1v) is 6.75. The van der Waals surface area contributed by atoms with E-state index in [9.17, 15) is 4.79 Å². The molecule has 1 aromatic carbocycles. The molecule has 0 aliphatic carbocycles.